The standard InChI is InChI=1S/C43H79NO4/c1-5-7-9-11-13-15-17-19-21-23-25-27-29-31-33-35-40(45)42(43-47-38-39(48-43)37-44(3)4)41(46)36-34-32-30-28-26-24-22-20-18-16-14-12-10-8-6-2/h19-22,39,42-43H,5-18,23-38H2,1-4H3/b21-19-,22-20-. The predicted octanol–water partition coefficient (Wildman–Crippen LogP) is 12.1. The summed E-state index contributed by atoms with van der Waals surface area (Å²) >= 11 is 0. The minimum absolute atomic E-state index is 0.0147. The van der Waals surface area contributed by atoms with Crippen LogP contribution in [0.15, 0.2) is 24.3 Å². The average Bonchev–Trinajstić information content (AvgIpc) is 3.51. The van der Waals surface area contributed by atoms with Gasteiger partial charge in [0.05, 0.1) is 12.7 Å². The van der Waals surface area contributed by atoms with Crippen LogP contribution in [-0.4, -0.2) is 56.1 Å². The molecule has 1 saturated heterocycles. The summed E-state index contributed by atoms with van der Waals surface area (Å²) in [5.41, 5.74) is 0. The fourth-order valence-corrected chi connectivity index (χ4v) is 6.68. The van der Waals surface area contributed by atoms with Gasteiger partial charge in [0.25, 0.3) is 0 Å². The van der Waals surface area contributed by atoms with Gasteiger partial charge >= 0.3 is 0 Å². The van der Waals surface area contributed by atoms with Crippen molar-refractivity contribution in [3.8, 4) is 0 Å². The van der Waals surface area contributed by atoms with E-state index in [2.05, 4.69) is 43.1 Å². The molecule has 2 unspecified atom stereocenters. The Bertz CT molecular complexity index is 755. The Labute approximate surface area is 298 Å². The second-order valence-electron chi connectivity index (χ2n) is 14.8. The quantitative estimate of drug-likeness (QED) is 0.0381. The van der Waals surface area contributed by atoms with Crippen molar-refractivity contribution in [2.24, 2.45) is 5.92 Å². The zero-order chi connectivity index (χ0) is 34.9. The van der Waals surface area contributed by atoms with E-state index in [1.807, 2.05) is 14.1 Å². The zero-order valence-electron chi connectivity index (χ0n) is 32.3. The predicted molar refractivity (Wildman–Crippen MR) is 206 cm³/mol. The van der Waals surface area contributed by atoms with Crippen molar-refractivity contribution < 1.29 is 19.1 Å². The van der Waals surface area contributed by atoms with Gasteiger partial charge in [-0.3, -0.25) is 9.59 Å². The lowest BCUT2D eigenvalue weighted by Crippen LogP contribution is -2.37. The minimum Gasteiger partial charge on any atom is -0.349 e. The van der Waals surface area contributed by atoms with Gasteiger partial charge in [-0.15, -0.1) is 0 Å². The Balaban J connectivity index is 2.27. The minimum atomic E-state index is -0.772. The largest absolute Gasteiger partial charge is 0.349 e. The molecule has 1 fully saturated rings. The molecule has 0 N–H and O–H groups in total. The second kappa shape index (κ2) is 32.9. The highest BCUT2D eigenvalue weighted by atomic mass is 16.7. The summed E-state index contributed by atoms with van der Waals surface area (Å²) in [5.74, 6) is -0.743. The van der Waals surface area contributed by atoms with Gasteiger partial charge in [-0.2, -0.15) is 0 Å². The summed E-state index contributed by atoms with van der Waals surface area (Å²) in [6, 6.07) is 0. The number of Topliss-reactive ketones (excluding diaryl/α,β-unsaturated/α-hetero) is 2. The van der Waals surface area contributed by atoms with Crippen LogP contribution < -0.4 is 0 Å². The first-order valence-corrected chi connectivity index (χ1v) is 20.8. The maximum atomic E-state index is 13.4. The van der Waals surface area contributed by atoms with Crippen molar-refractivity contribution in [2.45, 2.75) is 206 Å². The number of carbonyl (C=O) groups excluding carboxylic acids is 2. The van der Waals surface area contributed by atoms with Crippen LogP contribution in [-0.2, 0) is 19.1 Å². The molecule has 1 aliphatic heterocycles. The Hall–Kier alpha value is -1.30. The van der Waals surface area contributed by atoms with Gasteiger partial charge in [-0.05, 0) is 78.3 Å². The van der Waals surface area contributed by atoms with E-state index in [1.165, 1.54) is 116 Å². The highest BCUT2D eigenvalue weighted by molar-refractivity contribution is 6.02. The van der Waals surface area contributed by atoms with Crippen LogP contribution in [0.1, 0.15) is 194 Å². The Kier molecular flexibility index (Phi) is 30.6. The molecular formula is C43H79NO4. The molecule has 0 aromatic carbocycles. The van der Waals surface area contributed by atoms with E-state index in [0.29, 0.717) is 19.4 Å². The van der Waals surface area contributed by atoms with Crippen molar-refractivity contribution >= 4 is 11.6 Å². The molecule has 0 radical (unpaired) electrons. The molecule has 5 heteroatoms. The number of unbranched alkanes of at least 4 members (excludes halogenated alkanes) is 22. The van der Waals surface area contributed by atoms with Crippen LogP contribution in [0.2, 0.25) is 0 Å². The second-order valence-corrected chi connectivity index (χ2v) is 14.8. The van der Waals surface area contributed by atoms with Gasteiger partial charge in [0.1, 0.15) is 17.5 Å². The van der Waals surface area contributed by atoms with Crippen molar-refractivity contribution in [2.75, 3.05) is 27.2 Å². The number of rotatable bonds is 35. The summed E-state index contributed by atoms with van der Waals surface area (Å²) < 4.78 is 12.0. The number of nitrogens with zero attached hydrogens (tertiary/aromatic N) is 1. The third-order valence-corrected chi connectivity index (χ3v) is 9.68. The average molecular weight is 674 g/mol. The number of carbonyl (C=O) groups is 2. The Morgan fingerprint density at radius 1 is 0.562 bits per heavy atom. The molecule has 1 heterocycles. The number of ketones is 2. The molecule has 0 aromatic rings. The molecule has 0 spiro atoms. The van der Waals surface area contributed by atoms with E-state index in [1.54, 1.807) is 0 Å². The lowest BCUT2D eigenvalue weighted by atomic mass is 9.91. The lowest BCUT2D eigenvalue weighted by molar-refractivity contribution is -0.153. The molecule has 2 atom stereocenters. The van der Waals surface area contributed by atoms with Crippen LogP contribution in [0.25, 0.3) is 0 Å². The first-order valence-electron chi connectivity index (χ1n) is 20.8. The number of likely N-dealkylation sites (N-methyl/N-ethyl adjacent to an activating group) is 1. The van der Waals surface area contributed by atoms with Crippen molar-refractivity contribution in [1.82, 2.24) is 4.90 Å². The van der Waals surface area contributed by atoms with E-state index >= 15 is 0 Å². The molecule has 0 bridgehead atoms. The van der Waals surface area contributed by atoms with Crippen LogP contribution >= 0.6 is 0 Å². The molecule has 0 aliphatic carbocycles. The molecule has 1 rings (SSSR count). The summed E-state index contributed by atoms with van der Waals surface area (Å²) in [5, 5.41) is 0. The van der Waals surface area contributed by atoms with Crippen molar-refractivity contribution in [1.29, 1.82) is 0 Å². The number of ether oxygens (including phenoxy) is 2. The highest BCUT2D eigenvalue weighted by Gasteiger charge is 2.40. The molecular weight excluding hydrogens is 594 g/mol. The third kappa shape index (κ3) is 25.6. The first-order chi connectivity index (χ1) is 23.5. The molecule has 0 saturated carbocycles. The van der Waals surface area contributed by atoms with Gasteiger partial charge in [0.2, 0.25) is 0 Å². The molecule has 0 aromatic heterocycles. The normalized spacial score (nSPS) is 16.8. The summed E-state index contributed by atoms with van der Waals surface area (Å²) in [4.78, 5) is 28.8. The van der Waals surface area contributed by atoms with Crippen LogP contribution in [0.3, 0.4) is 0 Å². The van der Waals surface area contributed by atoms with Gasteiger partial charge in [0.15, 0.2) is 6.29 Å². The fourth-order valence-electron chi connectivity index (χ4n) is 6.68. The van der Waals surface area contributed by atoms with Crippen molar-refractivity contribution in [3.05, 3.63) is 24.3 Å². The summed E-state index contributed by atoms with van der Waals surface area (Å²) in [7, 11) is 4.01. The van der Waals surface area contributed by atoms with Gasteiger partial charge in [-0.1, -0.05) is 141 Å². The summed E-state index contributed by atoms with van der Waals surface area (Å²) in [6.07, 6.45) is 41.5. The van der Waals surface area contributed by atoms with Crippen LogP contribution in [0.5, 0.6) is 0 Å². The van der Waals surface area contributed by atoms with E-state index in [0.717, 1.165) is 57.9 Å². The topological polar surface area (TPSA) is 55.8 Å². The molecule has 1 aliphatic rings. The molecule has 48 heavy (non-hydrogen) atoms. The first kappa shape index (κ1) is 44.7. The smallest absolute Gasteiger partial charge is 0.174 e. The summed E-state index contributed by atoms with van der Waals surface area (Å²) in [6.45, 7) is 5.71. The van der Waals surface area contributed by atoms with E-state index in [9.17, 15) is 9.59 Å². The van der Waals surface area contributed by atoms with E-state index in [-0.39, 0.29) is 17.7 Å². The van der Waals surface area contributed by atoms with Crippen molar-refractivity contribution in [3.63, 3.8) is 0 Å². The third-order valence-electron chi connectivity index (χ3n) is 9.68. The molecule has 280 valence electrons. The van der Waals surface area contributed by atoms with E-state index < -0.39 is 12.2 Å². The Morgan fingerprint density at radius 2 is 0.917 bits per heavy atom. The maximum absolute atomic E-state index is 13.4. The fraction of sp³-hybridized carbons (Fsp3) is 0.860. The zero-order valence-corrected chi connectivity index (χ0v) is 32.3. The lowest BCUT2D eigenvalue weighted by Gasteiger charge is -2.21. The Morgan fingerprint density at radius 3 is 1.29 bits per heavy atom. The monoisotopic (exact) mass is 674 g/mol. The molecule has 0 amide bonds. The number of allylic oxidation sites excluding steroid dienone is 4. The van der Waals surface area contributed by atoms with Crippen LogP contribution in [0, 0.1) is 5.92 Å². The van der Waals surface area contributed by atoms with Crippen LogP contribution in [0.4, 0.5) is 0 Å². The number of hydrogen-bond donors (Lipinski definition) is 0. The maximum Gasteiger partial charge on any atom is 0.174 e. The SMILES string of the molecule is CCCCCCCC/C=C\CCCCCCCC(=O)C(C(=O)CCCCCCC/C=C\CCCCCCCC)C1OCC(CN(C)C)O1. The van der Waals surface area contributed by atoms with Gasteiger partial charge < -0.3 is 14.4 Å². The number of hydrogen-bond acceptors (Lipinski definition) is 5. The van der Waals surface area contributed by atoms with Gasteiger partial charge in [-0.25, -0.2) is 0 Å². The molecule has 5 nitrogen and oxygen atoms in total. The highest BCUT2D eigenvalue weighted by Crippen LogP contribution is 2.25. The van der Waals surface area contributed by atoms with Gasteiger partial charge in [0, 0.05) is 19.4 Å². The van der Waals surface area contributed by atoms with E-state index in [4.69, 9.17) is 9.47 Å².